The Morgan fingerprint density at radius 1 is 0.853 bits per heavy atom. The molecule has 0 spiro atoms. The monoisotopic (exact) mass is 459 g/mol. The molecule has 2 aromatic rings. The maximum Gasteiger partial charge on any atom is 0.119 e. The number of ether oxygens (including phenoxy) is 1. The summed E-state index contributed by atoms with van der Waals surface area (Å²) in [5.74, 6) is 3.59. The zero-order valence-corrected chi connectivity index (χ0v) is 21.8. The lowest BCUT2D eigenvalue weighted by Gasteiger charge is -2.55. The van der Waals surface area contributed by atoms with Gasteiger partial charge in [0.15, 0.2) is 0 Å². The highest BCUT2D eigenvalue weighted by atomic mass is 16.5. The number of likely N-dealkylation sites (tertiary alicyclic amines) is 1. The summed E-state index contributed by atoms with van der Waals surface area (Å²) in [6, 6.07) is 20.6. The Hall–Kier alpha value is -1.80. The molecule has 2 aliphatic carbocycles. The molecule has 2 nitrogen and oxygen atoms in total. The third-order valence-electron chi connectivity index (χ3n) is 9.32. The Bertz CT molecular complexity index is 912. The average Bonchev–Trinajstić information content (AvgIpc) is 2.83. The van der Waals surface area contributed by atoms with Crippen LogP contribution in [0.2, 0.25) is 0 Å². The van der Waals surface area contributed by atoms with Crippen LogP contribution in [-0.2, 0) is 10.8 Å². The first-order chi connectivity index (χ1) is 16.4. The van der Waals surface area contributed by atoms with E-state index in [0.717, 1.165) is 36.5 Å². The number of rotatable bonds is 7. The molecule has 2 aromatic carbocycles. The van der Waals surface area contributed by atoms with Gasteiger partial charge >= 0.3 is 0 Å². The molecule has 2 saturated carbocycles. The van der Waals surface area contributed by atoms with Crippen molar-refractivity contribution in [3.63, 3.8) is 0 Å². The highest BCUT2D eigenvalue weighted by Crippen LogP contribution is 2.58. The fourth-order valence-electron chi connectivity index (χ4n) is 7.86. The minimum atomic E-state index is 0.239. The quantitative estimate of drug-likeness (QED) is 0.395. The molecular formula is C32H45NO. The lowest BCUT2D eigenvalue weighted by atomic mass is 9.49. The Morgan fingerprint density at radius 2 is 1.59 bits per heavy atom. The van der Waals surface area contributed by atoms with Gasteiger partial charge in [-0.2, -0.15) is 0 Å². The molecule has 0 radical (unpaired) electrons. The summed E-state index contributed by atoms with van der Waals surface area (Å²) in [7, 11) is 0. The van der Waals surface area contributed by atoms with E-state index in [0.29, 0.717) is 5.41 Å². The molecule has 0 aromatic heterocycles. The topological polar surface area (TPSA) is 12.5 Å². The van der Waals surface area contributed by atoms with Crippen LogP contribution in [0, 0.1) is 17.8 Å². The van der Waals surface area contributed by atoms with Gasteiger partial charge < -0.3 is 9.64 Å². The van der Waals surface area contributed by atoms with Gasteiger partial charge in [0.05, 0.1) is 6.61 Å². The van der Waals surface area contributed by atoms with Crippen LogP contribution in [0.5, 0.6) is 5.75 Å². The molecule has 3 fully saturated rings. The van der Waals surface area contributed by atoms with Crippen LogP contribution in [0.1, 0.15) is 83.3 Å². The molecule has 0 amide bonds. The van der Waals surface area contributed by atoms with E-state index in [2.05, 4.69) is 80.3 Å². The molecule has 1 heterocycles. The molecule has 1 aliphatic heterocycles. The van der Waals surface area contributed by atoms with Gasteiger partial charge in [-0.1, -0.05) is 63.2 Å². The summed E-state index contributed by atoms with van der Waals surface area (Å²) < 4.78 is 6.14. The second-order valence-corrected chi connectivity index (χ2v) is 12.5. The van der Waals surface area contributed by atoms with Gasteiger partial charge in [0.25, 0.3) is 0 Å². The fourth-order valence-corrected chi connectivity index (χ4v) is 7.86. The van der Waals surface area contributed by atoms with Gasteiger partial charge in [0.2, 0.25) is 0 Å². The maximum atomic E-state index is 6.14. The van der Waals surface area contributed by atoms with Crippen LogP contribution in [0.3, 0.4) is 0 Å². The van der Waals surface area contributed by atoms with Crippen molar-refractivity contribution < 1.29 is 4.74 Å². The van der Waals surface area contributed by atoms with E-state index in [1.165, 1.54) is 70.1 Å². The standard InChI is InChI=1S/C32H45NO/c1-25-14-17-33(18-15-25)16-7-19-34-30-12-10-28(11-13-30)31(3)22-27-20-26(2)21-32(23-27,24-31)29-8-5-4-6-9-29/h4-6,8-13,25-27H,7,14-24H2,1-3H3. The van der Waals surface area contributed by atoms with Crippen LogP contribution < -0.4 is 4.74 Å². The molecule has 0 N–H and O–H groups in total. The molecule has 4 atom stereocenters. The summed E-state index contributed by atoms with van der Waals surface area (Å²) in [6.07, 6.45) is 10.5. The third kappa shape index (κ3) is 5.23. The van der Waals surface area contributed by atoms with E-state index >= 15 is 0 Å². The Morgan fingerprint density at radius 3 is 2.32 bits per heavy atom. The number of benzene rings is 2. The van der Waals surface area contributed by atoms with Crippen LogP contribution in [-0.4, -0.2) is 31.1 Å². The highest BCUT2D eigenvalue weighted by Gasteiger charge is 2.50. The van der Waals surface area contributed by atoms with Crippen LogP contribution in [0.25, 0.3) is 0 Å². The summed E-state index contributed by atoms with van der Waals surface area (Å²) >= 11 is 0. The molecule has 5 rings (SSSR count). The van der Waals surface area contributed by atoms with Crippen LogP contribution in [0.15, 0.2) is 54.6 Å². The lowest BCUT2D eigenvalue weighted by Crippen LogP contribution is -2.48. The predicted molar refractivity (Wildman–Crippen MR) is 143 cm³/mol. The van der Waals surface area contributed by atoms with Crippen molar-refractivity contribution in [1.29, 1.82) is 0 Å². The first-order valence-corrected chi connectivity index (χ1v) is 14.0. The molecule has 1 saturated heterocycles. The Kier molecular flexibility index (Phi) is 7.07. The number of piperidine rings is 1. The summed E-state index contributed by atoms with van der Waals surface area (Å²) in [5.41, 5.74) is 3.64. The van der Waals surface area contributed by atoms with Gasteiger partial charge in [-0.15, -0.1) is 0 Å². The third-order valence-corrected chi connectivity index (χ3v) is 9.32. The minimum Gasteiger partial charge on any atom is -0.494 e. The van der Waals surface area contributed by atoms with E-state index in [-0.39, 0.29) is 5.41 Å². The molecule has 2 bridgehead atoms. The van der Waals surface area contributed by atoms with Gasteiger partial charge in [0, 0.05) is 6.54 Å². The van der Waals surface area contributed by atoms with Crippen molar-refractivity contribution in [2.45, 2.75) is 83.0 Å². The minimum absolute atomic E-state index is 0.239. The molecule has 34 heavy (non-hydrogen) atoms. The lowest BCUT2D eigenvalue weighted by molar-refractivity contribution is 0.0592. The van der Waals surface area contributed by atoms with E-state index in [1.807, 2.05) is 0 Å². The zero-order chi connectivity index (χ0) is 23.6. The largest absolute Gasteiger partial charge is 0.494 e. The van der Waals surface area contributed by atoms with Gasteiger partial charge in [0.1, 0.15) is 5.75 Å². The summed E-state index contributed by atoms with van der Waals surface area (Å²) in [6.45, 7) is 11.9. The fraction of sp³-hybridized carbons (Fsp3) is 0.625. The highest BCUT2D eigenvalue weighted by molar-refractivity contribution is 5.36. The smallest absolute Gasteiger partial charge is 0.119 e. The average molecular weight is 460 g/mol. The molecular weight excluding hydrogens is 414 g/mol. The van der Waals surface area contributed by atoms with E-state index in [1.54, 1.807) is 5.56 Å². The normalized spacial score (nSPS) is 32.4. The van der Waals surface area contributed by atoms with Crippen molar-refractivity contribution in [3.05, 3.63) is 65.7 Å². The van der Waals surface area contributed by atoms with Crippen LogP contribution in [0.4, 0.5) is 0 Å². The molecule has 3 aliphatic rings. The van der Waals surface area contributed by atoms with E-state index in [4.69, 9.17) is 4.74 Å². The second kappa shape index (κ2) is 10.1. The SMILES string of the molecule is CC1CCN(CCCOc2ccc(C3(C)CC4CC(C)CC(c5ccccc5)(C4)C3)cc2)CC1. The van der Waals surface area contributed by atoms with E-state index in [9.17, 15) is 0 Å². The zero-order valence-electron chi connectivity index (χ0n) is 21.8. The van der Waals surface area contributed by atoms with Crippen molar-refractivity contribution in [2.75, 3.05) is 26.2 Å². The van der Waals surface area contributed by atoms with Crippen LogP contribution >= 0.6 is 0 Å². The van der Waals surface area contributed by atoms with Crippen molar-refractivity contribution in [2.24, 2.45) is 17.8 Å². The Balaban J connectivity index is 1.22. The summed E-state index contributed by atoms with van der Waals surface area (Å²) in [4.78, 5) is 2.61. The van der Waals surface area contributed by atoms with Gasteiger partial charge in [-0.3, -0.25) is 0 Å². The number of hydrogen-bond acceptors (Lipinski definition) is 2. The van der Waals surface area contributed by atoms with Gasteiger partial charge in [-0.05, 0) is 116 Å². The van der Waals surface area contributed by atoms with Crippen molar-refractivity contribution >= 4 is 0 Å². The first-order valence-electron chi connectivity index (χ1n) is 14.0. The van der Waals surface area contributed by atoms with E-state index < -0.39 is 0 Å². The number of hydrogen-bond donors (Lipinski definition) is 0. The second-order valence-electron chi connectivity index (χ2n) is 12.5. The predicted octanol–water partition coefficient (Wildman–Crippen LogP) is 7.61. The maximum absolute atomic E-state index is 6.14. The van der Waals surface area contributed by atoms with Crippen molar-refractivity contribution in [3.8, 4) is 5.75 Å². The van der Waals surface area contributed by atoms with Gasteiger partial charge in [-0.25, -0.2) is 0 Å². The number of nitrogens with zero attached hydrogens (tertiary/aromatic N) is 1. The number of fused-ring (bicyclic) bond motifs is 2. The Labute approximate surface area is 208 Å². The summed E-state index contributed by atoms with van der Waals surface area (Å²) in [5, 5.41) is 0. The van der Waals surface area contributed by atoms with Crippen molar-refractivity contribution in [1.82, 2.24) is 4.90 Å². The molecule has 4 unspecified atom stereocenters. The first kappa shape index (κ1) is 23.9. The molecule has 2 heteroatoms. The molecule has 184 valence electrons.